The first-order valence-corrected chi connectivity index (χ1v) is 10.7. The van der Waals surface area contributed by atoms with Crippen LogP contribution in [0.4, 0.5) is 5.69 Å². The van der Waals surface area contributed by atoms with Crippen LogP contribution < -0.4 is 19.6 Å². The van der Waals surface area contributed by atoms with Crippen LogP contribution in [0.2, 0.25) is 0 Å². The Morgan fingerprint density at radius 2 is 1.82 bits per heavy atom. The molecular formula is C23H20IN3O6. The van der Waals surface area contributed by atoms with Crippen molar-refractivity contribution in [3.8, 4) is 17.2 Å². The third-order valence-corrected chi connectivity index (χ3v) is 5.30. The number of hydrazone groups is 1. The van der Waals surface area contributed by atoms with E-state index in [1.165, 1.54) is 32.6 Å². The van der Waals surface area contributed by atoms with E-state index in [4.69, 9.17) is 14.2 Å². The Morgan fingerprint density at radius 3 is 2.48 bits per heavy atom. The fraction of sp³-hybridized carbons (Fsp3) is 0.130. The lowest BCUT2D eigenvalue weighted by Gasteiger charge is -2.13. The molecule has 3 rings (SSSR count). The lowest BCUT2D eigenvalue weighted by molar-refractivity contribution is -0.384. The van der Waals surface area contributed by atoms with E-state index in [9.17, 15) is 14.9 Å². The maximum atomic E-state index is 12.5. The lowest BCUT2D eigenvalue weighted by Crippen LogP contribution is -2.18. The quantitative estimate of drug-likeness (QED) is 0.178. The molecule has 0 saturated heterocycles. The van der Waals surface area contributed by atoms with Crippen molar-refractivity contribution >= 4 is 40.4 Å². The van der Waals surface area contributed by atoms with Gasteiger partial charge in [-0.1, -0.05) is 30.3 Å². The van der Waals surface area contributed by atoms with E-state index in [0.29, 0.717) is 23.7 Å². The van der Waals surface area contributed by atoms with E-state index in [-0.39, 0.29) is 17.0 Å². The highest BCUT2D eigenvalue weighted by Gasteiger charge is 2.17. The van der Waals surface area contributed by atoms with Gasteiger partial charge in [-0.15, -0.1) is 0 Å². The molecule has 0 atom stereocenters. The van der Waals surface area contributed by atoms with Crippen LogP contribution in [0.3, 0.4) is 0 Å². The van der Waals surface area contributed by atoms with Crippen LogP contribution in [0.15, 0.2) is 65.8 Å². The number of carbonyl (C=O) groups excluding carboxylic acids is 1. The largest absolute Gasteiger partial charge is 0.496 e. The van der Waals surface area contributed by atoms with Gasteiger partial charge in [0.05, 0.1) is 34.5 Å². The van der Waals surface area contributed by atoms with E-state index in [2.05, 4.69) is 33.1 Å². The van der Waals surface area contributed by atoms with Crippen molar-refractivity contribution in [2.45, 2.75) is 6.61 Å². The van der Waals surface area contributed by atoms with E-state index in [1.807, 2.05) is 36.4 Å². The Balaban J connectivity index is 1.73. The van der Waals surface area contributed by atoms with Gasteiger partial charge in [0.15, 0.2) is 11.5 Å². The molecule has 0 fully saturated rings. The molecule has 170 valence electrons. The predicted molar refractivity (Wildman–Crippen MR) is 131 cm³/mol. The zero-order chi connectivity index (χ0) is 23.8. The van der Waals surface area contributed by atoms with Crippen LogP contribution in [-0.4, -0.2) is 31.3 Å². The number of halogens is 1. The topological polar surface area (TPSA) is 112 Å². The van der Waals surface area contributed by atoms with Crippen molar-refractivity contribution in [2.75, 3.05) is 14.2 Å². The van der Waals surface area contributed by atoms with Gasteiger partial charge >= 0.3 is 0 Å². The highest BCUT2D eigenvalue weighted by molar-refractivity contribution is 14.1. The van der Waals surface area contributed by atoms with Crippen LogP contribution in [0.25, 0.3) is 0 Å². The third-order valence-electron chi connectivity index (χ3n) is 4.50. The second-order valence-electron chi connectivity index (χ2n) is 6.65. The number of benzene rings is 3. The standard InChI is InChI=1S/C23H20IN3O6/c1-31-20-9-8-17(27(29)30)12-18(20)23(28)26-25-13-16-10-19(24)22(21(11-16)32-2)33-14-15-6-4-3-5-7-15/h3-13H,14H2,1-2H3,(H,26,28)/b25-13-. The number of nitrogens with one attached hydrogen (secondary N) is 1. The Kier molecular flexibility index (Phi) is 8.19. The summed E-state index contributed by atoms with van der Waals surface area (Å²) in [4.78, 5) is 22.9. The van der Waals surface area contributed by atoms with Gasteiger partial charge in [-0.3, -0.25) is 14.9 Å². The number of hydrogen-bond donors (Lipinski definition) is 1. The van der Waals surface area contributed by atoms with Crippen LogP contribution >= 0.6 is 22.6 Å². The summed E-state index contributed by atoms with van der Waals surface area (Å²) in [6.07, 6.45) is 1.44. The van der Waals surface area contributed by atoms with Crippen LogP contribution in [0.1, 0.15) is 21.5 Å². The number of amides is 1. The van der Waals surface area contributed by atoms with Gasteiger partial charge in [0.1, 0.15) is 12.4 Å². The minimum absolute atomic E-state index is 0.000621. The number of rotatable bonds is 9. The second kappa shape index (κ2) is 11.3. The number of non-ortho nitro benzene ring substituents is 1. The van der Waals surface area contributed by atoms with E-state index < -0.39 is 10.8 Å². The van der Waals surface area contributed by atoms with Crippen molar-refractivity contribution < 1.29 is 23.9 Å². The zero-order valence-electron chi connectivity index (χ0n) is 17.8. The zero-order valence-corrected chi connectivity index (χ0v) is 19.9. The van der Waals surface area contributed by atoms with Gasteiger partial charge in [-0.05, 0) is 51.9 Å². The van der Waals surface area contributed by atoms with Gasteiger partial charge in [-0.2, -0.15) is 5.10 Å². The minimum atomic E-state index is -0.642. The molecule has 1 amide bonds. The number of carbonyl (C=O) groups is 1. The van der Waals surface area contributed by atoms with E-state index >= 15 is 0 Å². The SMILES string of the molecule is COc1ccc([N+](=O)[O-])cc1C(=O)N/N=C\c1cc(I)c(OCc2ccccc2)c(OC)c1. The third kappa shape index (κ3) is 6.19. The van der Waals surface area contributed by atoms with Crippen molar-refractivity contribution in [3.63, 3.8) is 0 Å². The number of nitro benzene ring substituents is 1. The lowest BCUT2D eigenvalue weighted by atomic mass is 10.1. The summed E-state index contributed by atoms with van der Waals surface area (Å²) < 4.78 is 17.3. The number of nitrogens with zero attached hydrogens (tertiary/aromatic N) is 2. The smallest absolute Gasteiger partial charge is 0.275 e. The highest BCUT2D eigenvalue weighted by atomic mass is 127. The molecule has 3 aromatic rings. The Bertz CT molecular complexity index is 1180. The molecule has 0 radical (unpaired) electrons. The highest BCUT2D eigenvalue weighted by Crippen LogP contribution is 2.34. The fourth-order valence-corrected chi connectivity index (χ4v) is 3.68. The number of nitro groups is 1. The summed E-state index contributed by atoms with van der Waals surface area (Å²) in [6, 6.07) is 17.1. The molecule has 0 saturated carbocycles. The van der Waals surface area contributed by atoms with E-state index in [0.717, 1.165) is 15.2 Å². The Morgan fingerprint density at radius 1 is 1.09 bits per heavy atom. The van der Waals surface area contributed by atoms with Crippen molar-refractivity contribution in [3.05, 3.63) is 91.0 Å². The molecule has 0 aliphatic heterocycles. The molecule has 0 aromatic heterocycles. The van der Waals surface area contributed by atoms with Gasteiger partial charge in [0.2, 0.25) is 0 Å². The molecule has 3 aromatic carbocycles. The summed E-state index contributed by atoms with van der Waals surface area (Å²) >= 11 is 2.14. The Hall–Kier alpha value is -3.67. The molecule has 0 spiro atoms. The first-order valence-electron chi connectivity index (χ1n) is 9.63. The molecule has 33 heavy (non-hydrogen) atoms. The summed E-state index contributed by atoms with van der Waals surface area (Å²) in [5.41, 5.74) is 3.82. The monoisotopic (exact) mass is 561 g/mol. The molecule has 0 bridgehead atoms. The molecule has 0 aliphatic rings. The van der Waals surface area contributed by atoms with Crippen LogP contribution in [-0.2, 0) is 6.61 Å². The van der Waals surface area contributed by atoms with Crippen molar-refractivity contribution in [1.82, 2.24) is 5.43 Å². The molecule has 0 unspecified atom stereocenters. The average molecular weight is 561 g/mol. The molecule has 9 nitrogen and oxygen atoms in total. The molecule has 0 aliphatic carbocycles. The first kappa shape index (κ1) is 24.0. The number of methoxy groups -OCH3 is 2. The average Bonchev–Trinajstić information content (AvgIpc) is 2.83. The van der Waals surface area contributed by atoms with Crippen LogP contribution in [0, 0.1) is 13.7 Å². The predicted octanol–water partition coefficient (Wildman–Crippen LogP) is 4.56. The molecule has 1 N–H and O–H groups in total. The summed E-state index contributed by atoms with van der Waals surface area (Å²) in [5, 5.41) is 15.0. The fourth-order valence-electron chi connectivity index (χ4n) is 2.90. The normalized spacial score (nSPS) is 10.6. The maximum Gasteiger partial charge on any atom is 0.275 e. The van der Waals surface area contributed by atoms with Crippen molar-refractivity contribution in [2.24, 2.45) is 5.10 Å². The number of hydrogen-bond acceptors (Lipinski definition) is 7. The molecular weight excluding hydrogens is 541 g/mol. The molecule has 10 heteroatoms. The first-order chi connectivity index (χ1) is 15.9. The minimum Gasteiger partial charge on any atom is -0.496 e. The van der Waals surface area contributed by atoms with Crippen molar-refractivity contribution in [1.29, 1.82) is 0 Å². The Labute approximate surface area is 203 Å². The summed E-state index contributed by atoms with van der Waals surface area (Å²) in [5.74, 6) is 0.677. The van der Waals surface area contributed by atoms with E-state index in [1.54, 1.807) is 6.07 Å². The second-order valence-corrected chi connectivity index (χ2v) is 7.81. The van der Waals surface area contributed by atoms with Gasteiger partial charge in [0.25, 0.3) is 11.6 Å². The molecule has 0 heterocycles. The van der Waals surface area contributed by atoms with Gasteiger partial charge in [-0.25, -0.2) is 5.43 Å². The van der Waals surface area contributed by atoms with Crippen LogP contribution in [0.5, 0.6) is 17.2 Å². The van der Waals surface area contributed by atoms with Gasteiger partial charge in [0, 0.05) is 12.1 Å². The van der Waals surface area contributed by atoms with Gasteiger partial charge < -0.3 is 14.2 Å². The number of ether oxygens (including phenoxy) is 3. The summed E-state index contributed by atoms with van der Waals surface area (Å²) in [6.45, 7) is 0.391. The summed E-state index contributed by atoms with van der Waals surface area (Å²) in [7, 11) is 2.91. The maximum absolute atomic E-state index is 12.5.